The molecular weight excluding hydrogens is 302 g/mol. The van der Waals surface area contributed by atoms with E-state index in [1.54, 1.807) is 35.8 Å². The molecule has 1 aromatic heterocycles. The van der Waals surface area contributed by atoms with Crippen LogP contribution >= 0.6 is 11.8 Å². The quantitative estimate of drug-likeness (QED) is 0.645. The van der Waals surface area contributed by atoms with Crippen molar-refractivity contribution in [2.45, 2.75) is 25.0 Å². The van der Waals surface area contributed by atoms with Gasteiger partial charge >= 0.3 is 0 Å². The maximum absolute atomic E-state index is 12.6. The topological polar surface area (TPSA) is 103 Å². The summed E-state index contributed by atoms with van der Waals surface area (Å²) in [7, 11) is 0. The summed E-state index contributed by atoms with van der Waals surface area (Å²) in [5.41, 5.74) is 6.96. The normalized spacial score (nSPS) is 12.0. The Balaban J connectivity index is 2.23. The number of nitrogens with one attached hydrogen (secondary N) is 1. The van der Waals surface area contributed by atoms with Gasteiger partial charge in [-0.15, -0.1) is 10.2 Å². The van der Waals surface area contributed by atoms with Crippen molar-refractivity contribution >= 4 is 35.1 Å². The van der Waals surface area contributed by atoms with E-state index in [0.29, 0.717) is 16.4 Å². The summed E-state index contributed by atoms with van der Waals surface area (Å²) in [6, 6.07) is 6.20. The molecule has 0 saturated carbocycles. The molecule has 0 fully saturated rings. The van der Waals surface area contributed by atoms with Crippen LogP contribution in [-0.4, -0.2) is 32.7 Å². The van der Waals surface area contributed by atoms with E-state index in [1.165, 1.54) is 18.7 Å². The number of thioether (sulfide) groups is 1. The van der Waals surface area contributed by atoms with Crippen molar-refractivity contribution in [3.8, 4) is 0 Å². The SMILES string of the molecule is CSc1nnc(N)n1C(C)C(=O)c1ccc(NC(C)=O)cc1. The van der Waals surface area contributed by atoms with Gasteiger partial charge in [-0.1, -0.05) is 11.8 Å². The molecule has 0 spiro atoms. The summed E-state index contributed by atoms with van der Waals surface area (Å²) in [6.45, 7) is 3.18. The number of carbonyl (C=O) groups is 2. The van der Waals surface area contributed by atoms with Gasteiger partial charge < -0.3 is 11.1 Å². The highest BCUT2D eigenvalue weighted by Crippen LogP contribution is 2.24. The van der Waals surface area contributed by atoms with Crippen LogP contribution in [0.4, 0.5) is 11.6 Å². The maximum Gasteiger partial charge on any atom is 0.223 e. The number of hydrogen-bond donors (Lipinski definition) is 2. The number of nitrogens with two attached hydrogens (primary N) is 1. The number of Topliss-reactive ketones (excluding diaryl/α,β-unsaturated/α-hetero) is 1. The second-order valence-electron chi connectivity index (χ2n) is 4.71. The molecule has 0 bridgehead atoms. The molecule has 7 nitrogen and oxygen atoms in total. The first-order valence-electron chi connectivity index (χ1n) is 6.60. The first-order chi connectivity index (χ1) is 10.4. The molecule has 0 aliphatic heterocycles. The zero-order valence-corrected chi connectivity index (χ0v) is 13.3. The molecular formula is C14H17N5O2S. The predicted octanol–water partition coefficient (Wildman–Crippen LogP) is 1.98. The molecule has 2 rings (SSSR count). The van der Waals surface area contributed by atoms with Gasteiger partial charge in [-0.3, -0.25) is 14.2 Å². The summed E-state index contributed by atoms with van der Waals surface area (Å²) >= 11 is 1.38. The Bertz CT molecular complexity index is 696. The number of carbonyl (C=O) groups excluding carboxylic acids is 2. The minimum atomic E-state index is -0.510. The lowest BCUT2D eigenvalue weighted by Gasteiger charge is -2.15. The molecule has 116 valence electrons. The molecule has 0 saturated heterocycles. The van der Waals surface area contributed by atoms with Crippen molar-refractivity contribution in [1.29, 1.82) is 0 Å². The standard InChI is InChI=1S/C14H17N5O2S/c1-8(19-13(15)17-18-14(19)22-3)12(21)10-4-6-11(7-5-10)16-9(2)20/h4-8H,1-3H3,(H2,15,17)(H,16,20). The van der Waals surface area contributed by atoms with E-state index < -0.39 is 6.04 Å². The smallest absolute Gasteiger partial charge is 0.223 e. The summed E-state index contributed by atoms with van der Waals surface area (Å²) < 4.78 is 1.61. The van der Waals surface area contributed by atoms with Crippen LogP contribution in [0.25, 0.3) is 0 Å². The van der Waals surface area contributed by atoms with Gasteiger partial charge in [0.05, 0.1) is 6.04 Å². The molecule has 0 radical (unpaired) electrons. The third-order valence-corrected chi connectivity index (χ3v) is 3.77. The monoisotopic (exact) mass is 319 g/mol. The minimum absolute atomic E-state index is 0.101. The van der Waals surface area contributed by atoms with Crippen LogP contribution in [0.1, 0.15) is 30.2 Å². The van der Waals surface area contributed by atoms with Crippen LogP contribution in [0.15, 0.2) is 29.4 Å². The second kappa shape index (κ2) is 6.61. The van der Waals surface area contributed by atoms with Gasteiger partial charge in [-0.05, 0) is 37.4 Å². The van der Waals surface area contributed by atoms with E-state index in [4.69, 9.17) is 5.73 Å². The Morgan fingerprint density at radius 3 is 2.45 bits per heavy atom. The van der Waals surface area contributed by atoms with Gasteiger partial charge in [0.1, 0.15) is 0 Å². The maximum atomic E-state index is 12.6. The number of anilines is 2. The third-order valence-electron chi connectivity index (χ3n) is 3.13. The van der Waals surface area contributed by atoms with Gasteiger partial charge in [0.25, 0.3) is 0 Å². The van der Waals surface area contributed by atoms with Gasteiger partial charge in [-0.2, -0.15) is 0 Å². The summed E-state index contributed by atoms with van der Waals surface area (Å²) in [6.07, 6.45) is 1.85. The second-order valence-corrected chi connectivity index (χ2v) is 5.49. The Hall–Kier alpha value is -2.35. The first kappa shape index (κ1) is 16.0. The Morgan fingerprint density at radius 1 is 1.27 bits per heavy atom. The zero-order chi connectivity index (χ0) is 16.3. The fourth-order valence-electron chi connectivity index (χ4n) is 2.07. The number of aromatic nitrogens is 3. The van der Waals surface area contributed by atoms with Crippen LogP contribution in [0.2, 0.25) is 0 Å². The third kappa shape index (κ3) is 3.28. The summed E-state index contributed by atoms with van der Waals surface area (Å²) in [4.78, 5) is 23.6. The molecule has 1 unspecified atom stereocenters. The van der Waals surface area contributed by atoms with Gasteiger partial charge in [-0.25, -0.2) is 0 Å². The lowest BCUT2D eigenvalue weighted by Crippen LogP contribution is -2.19. The molecule has 0 aliphatic rings. The number of benzene rings is 1. The largest absolute Gasteiger partial charge is 0.368 e. The number of nitrogens with zero attached hydrogens (tertiary/aromatic N) is 3. The van der Waals surface area contributed by atoms with Crippen LogP contribution < -0.4 is 11.1 Å². The number of nitrogen functional groups attached to an aromatic ring is 1. The van der Waals surface area contributed by atoms with E-state index in [9.17, 15) is 9.59 Å². The van der Waals surface area contributed by atoms with Crippen molar-refractivity contribution in [2.24, 2.45) is 0 Å². The van der Waals surface area contributed by atoms with Crippen LogP contribution in [-0.2, 0) is 4.79 Å². The van der Waals surface area contributed by atoms with Crippen molar-refractivity contribution in [1.82, 2.24) is 14.8 Å². The fraction of sp³-hybridized carbons (Fsp3) is 0.286. The molecule has 2 aromatic rings. The Labute approximate surface area is 132 Å². The average Bonchev–Trinajstić information content (AvgIpc) is 2.87. The van der Waals surface area contributed by atoms with E-state index in [-0.39, 0.29) is 17.6 Å². The van der Waals surface area contributed by atoms with Gasteiger partial charge in [0.15, 0.2) is 10.9 Å². The van der Waals surface area contributed by atoms with Crippen LogP contribution in [0.5, 0.6) is 0 Å². The van der Waals surface area contributed by atoms with E-state index in [2.05, 4.69) is 15.5 Å². The molecule has 1 aromatic carbocycles. The van der Waals surface area contributed by atoms with E-state index in [0.717, 1.165) is 0 Å². The van der Waals surface area contributed by atoms with Crippen molar-refractivity contribution in [3.05, 3.63) is 29.8 Å². The van der Waals surface area contributed by atoms with Crippen LogP contribution in [0, 0.1) is 0 Å². The zero-order valence-electron chi connectivity index (χ0n) is 12.5. The molecule has 22 heavy (non-hydrogen) atoms. The molecule has 1 atom stereocenters. The molecule has 3 N–H and O–H groups in total. The van der Waals surface area contributed by atoms with Gasteiger partial charge in [0.2, 0.25) is 11.9 Å². The van der Waals surface area contributed by atoms with Gasteiger partial charge in [0, 0.05) is 18.2 Å². The lowest BCUT2D eigenvalue weighted by molar-refractivity contribution is -0.114. The molecule has 1 heterocycles. The highest BCUT2D eigenvalue weighted by atomic mass is 32.2. The number of ketones is 1. The van der Waals surface area contributed by atoms with Crippen molar-refractivity contribution in [2.75, 3.05) is 17.3 Å². The predicted molar refractivity (Wildman–Crippen MR) is 86.0 cm³/mol. The number of amides is 1. The fourth-order valence-corrected chi connectivity index (χ4v) is 2.64. The average molecular weight is 319 g/mol. The van der Waals surface area contributed by atoms with Crippen LogP contribution in [0.3, 0.4) is 0 Å². The highest BCUT2D eigenvalue weighted by Gasteiger charge is 2.22. The first-order valence-corrected chi connectivity index (χ1v) is 7.82. The van der Waals surface area contributed by atoms with E-state index in [1.807, 2.05) is 6.26 Å². The lowest BCUT2D eigenvalue weighted by atomic mass is 10.0. The molecule has 8 heteroatoms. The molecule has 1 amide bonds. The Kier molecular flexibility index (Phi) is 4.81. The number of hydrogen-bond acceptors (Lipinski definition) is 6. The van der Waals surface area contributed by atoms with E-state index >= 15 is 0 Å². The summed E-state index contributed by atoms with van der Waals surface area (Å²) in [5, 5.41) is 11.0. The van der Waals surface area contributed by atoms with Crippen molar-refractivity contribution < 1.29 is 9.59 Å². The highest BCUT2D eigenvalue weighted by molar-refractivity contribution is 7.98. The van der Waals surface area contributed by atoms with Crippen molar-refractivity contribution in [3.63, 3.8) is 0 Å². The minimum Gasteiger partial charge on any atom is -0.368 e. The molecule has 0 aliphatic carbocycles. The summed E-state index contributed by atoms with van der Waals surface area (Å²) in [5.74, 6) is -0.0504. The number of rotatable bonds is 5. The Morgan fingerprint density at radius 2 is 1.91 bits per heavy atom.